The Morgan fingerprint density at radius 2 is 2.40 bits per heavy atom. The van der Waals surface area contributed by atoms with E-state index in [2.05, 4.69) is 10.3 Å². The van der Waals surface area contributed by atoms with Crippen molar-refractivity contribution in [2.45, 2.75) is 31.8 Å². The van der Waals surface area contributed by atoms with Crippen molar-refractivity contribution in [3.8, 4) is 0 Å². The summed E-state index contributed by atoms with van der Waals surface area (Å²) in [5.74, 6) is -0.336. The lowest BCUT2D eigenvalue weighted by Gasteiger charge is -2.29. The summed E-state index contributed by atoms with van der Waals surface area (Å²) in [4.78, 5) is 15.3. The second-order valence-corrected chi connectivity index (χ2v) is 4.01. The number of likely N-dealkylation sites (N-methyl/N-ethyl adjacent to an activating group) is 1. The third kappa shape index (κ3) is 2.56. The molecule has 1 aromatic rings. The van der Waals surface area contributed by atoms with E-state index < -0.39 is 5.54 Å². The van der Waals surface area contributed by atoms with Crippen molar-refractivity contribution in [3.63, 3.8) is 0 Å². The van der Waals surface area contributed by atoms with Crippen LogP contribution in [0.3, 0.4) is 0 Å². The molecule has 1 rings (SSSR count). The van der Waals surface area contributed by atoms with Crippen LogP contribution >= 0.6 is 0 Å². The summed E-state index contributed by atoms with van der Waals surface area (Å²) in [5.41, 5.74) is 4.68. The van der Waals surface area contributed by atoms with E-state index in [1.54, 1.807) is 19.6 Å². The van der Waals surface area contributed by atoms with Crippen LogP contribution < -0.4 is 11.1 Å². The van der Waals surface area contributed by atoms with Gasteiger partial charge < -0.3 is 15.6 Å². The Morgan fingerprint density at radius 1 is 1.73 bits per heavy atom. The first-order valence-corrected chi connectivity index (χ1v) is 4.96. The second-order valence-electron chi connectivity index (χ2n) is 4.01. The molecule has 1 heterocycles. The lowest BCUT2D eigenvalue weighted by atomic mass is 9.93. The number of hydrogen-bond acceptors (Lipinski definition) is 3. The van der Waals surface area contributed by atoms with Crippen molar-refractivity contribution in [2.75, 3.05) is 7.05 Å². The molecule has 3 N–H and O–H groups in total. The van der Waals surface area contributed by atoms with Crippen molar-refractivity contribution in [1.82, 2.24) is 14.9 Å². The van der Waals surface area contributed by atoms with Gasteiger partial charge in [0, 0.05) is 18.4 Å². The van der Waals surface area contributed by atoms with Gasteiger partial charge in [-0.3, -0.25) is 4.79 Å². The molecule has 1 amide bonds. The van der Waals surface area contributed by atoms with Crippen molar-refractivity contribution in [1.29, 1.82) is 0 Å². The fourth-order valence-corrected chi connectivity index (χ4v) is 1.55. The second kappa shape index (κ2) is 4.44. The van der Waals surface area contributed by atoms with Gasteiger partial charge in [0.1, 0.15) is 0 Å². The zero-order chi connectivity index (χ0) is 11.5. The smallest absolute Gasteiger partial charge is 0.237 e. The van der Waals surface area contributed by atoms with Gasteiger partial charge in [-0.15, -0.1) is 0 Å². The molecule has 15 heavy (non-hydrogen) atoms. The summed E-state index contributed by atoms with van der Waals surface area (Å²) in [5, 5.41) is 2.96. The summed E-state index contributed by atoms with van der Waals surface area (Å²) in [7, 11) is 1.74. The largest absolute Gasteiger partial charge is 0.368 e. The number of aromatic nitrogens is 2. The van der Waals surface area contributed by atoms with E-state index in [9.17, 15) is 4.79 Å². The van der Waals surface area contributed by atoms with E-state index in [4.69, 9.17) is 5.73 Å². The summed E-state index contributed by atoms with van der Waals surface area (Å²) < 4.78 is 1.96. The first kappa shape index (κ1) is 11.7. The molecule has 0 fully saturated rings. The predicted octanol–water partition coefficient (Wildman–Crippen LogP) is 0.298. The van der Waals surface area contributed by atoms with Gasteiger partial charge in [-0.25, -0.2) is 4.98 Å². The zero-order valence-electron chi connectivity index (χ0n) is 9.40. The lowest BCUT2D eigenvalue weighted by molar-refractivity contribution is -0.124. The van der Waals surface area contributed by atoms with Crippen LogP contribution in [0.4, 0.5) is 0 Å². The fraction of sp³-hybridized carbons (Fsp3) is 0.600. The number of amides is 1. The number of carbonyl (C=O) groups is 1. The van der Waals surface area contributed by atoms with Gasteiger partial charge in [-0.2, -0.15) is 0 Å². The maximum Gasteiger partial charge on any atom is 0.237 e. The number of rotatable bonds is 5. The highest BCUT2D eigenvalue weighted by atomic mass is 16.1. The molecule has 84 valence electrons. The zero-order valence-corrected chi connectivity index (χ0v) is 9.40. The molecule has 1 aromatic heterocycles. The number of nitrogens with two attached hydrogens (primary N) is 1. The van der Waals surface area contributed by atoms with Crippen molar-refractivity contribution in [3.05, 3.63) is 18.7 Å². The fourth-order valence-electron chi connectivity index (χ4n) is 1.55. The van der Waals surface area contributed by atoms with Gasteiger partial charge in [-0.05, 0) is 27.3 Å². The van der Waals surface area contributed by atoms with Crippen LogP contribution in [0.2, 0.25) is 0 Å². The molecule has 5 heteroatoms. The number of hydrogen-bond donors (Lipinski definition) is 2. The molecule has 0 aliphatic carbocycles. The highest BCUT2D eigenvalue weighted by Gasteiger charge is 2.31. The molecule has 5 nitrogen and oxygen atoms in total. The van der Waals surface area contributed by atoms with Gasteiger partial charge in [0.05, 0.1) is 11.9 Å². The molecule has 2 unspecified atom stereocenters. The van der Waals surface area contributed by atoms with Crippen molar-refractivity contribution in [2.24, 2.45) is 5.73 Å². The maximum absolute atomic E-state index is 11.3. The maximum atomic E-state index is 11.3. The molecular formula is C10H18N4O. The normalized spacial score (nSPS) is 17.0. The summed E-state index contributed by atoms with van der Waals surface area (Å²) in [6, 6.07) is 0.178. The van der Waals surface area contributed by atoms with Gasteiger partial charge in [0.25, 0.3) is 0 Å². The Labute approximate surface area is 89.7 Å². The molecule has 0 saturated carbocycles. The summed E-state index contributed by atoms with van der Waals surface area (Å²) in [6.07, 6.45) is 5.97. The molecule has 0 spiro atoms. The number of nitrogens with zero attached hydrogens (tertiary/aromatic N) is 2. The van der Waals surface area contributed by atoms with Crippen LogP contribution in [-0.2, 0) is 4.79 Å². The molecule has 0 bridgehead atoms. The standard InChI is InChI=1S/C10H18N4O/c1-8(14-5-4-13-7-14)6-10(2,12-3)9(11)15/h4-5,7-8,12H,6H2,1-3H3,(H2,11,15). The minimum Gasteiger partial charge on any atom is -0.368 e. The van der Waals surface area contributed by atoms with E-state index in [1.165, 1.54) is 0 Å². The van der Waals surface area contributed by atoms with Crippen LogP contribution in [0, 0.1) is 0 Å². The molecular weight excluding hydrogens is 192 g/mol. The SMILES string of the molecule is CNC(C)(CC(C)n1ccnc1)C(N)=O. The Balaban J connectivity index is 2.72. The van der Waals surface area contributed by atoms with Gasteiger partial charge in [0.15, 0.2) is 0 Å². The molecule has 0 aliphatic rings. The lowest BCUT2D eigenvalue weighted by Crippen LogP contribution is -2.52. The minimum atomic E-state index is -0.677. The third-order valence-corrected chi connectivity index (χ3v) is 2.83. The molecule has 0 aromatic carbocycles. The van der Waals surface area contributed by atoms with E-state index >= 15 is 0 Å². The molecule has 0 saturated heterocycles. The highest BCUT2D eigenvalue weighted by Crippen LogP contribution is 2.19. The van der Waals surface area contributed by atoms with Gasteiger partial charge in [0.2, 0.25) is 5.91 Å². The molecule has 2 atom stereocenters. The van der Waals surface area contributed by atoms with E-state index in [1.807, 2.05) is 24.6 Å². The van der Waals surface area contributed by atoms with Crippen molar-refractivity contribution >= 4 is 5.91 Å². The van der Waals surface area contributed by atoms with Gasteiger partial charge >= 0.3 is 0 Å². The van der Waals surface area contributed by atoms with Crippen LogP contribution in [0.15, 0.2) is 18.7 Å². The third-order valence-electron chi connectivity index (χ3n) is 2.83. The van der Waals surface area contributed by atoms with Crippen molar-refractivity contribution < 1.29 is 4.79 Å². The highest BCUT2D eigenvalue weighted by molar-refractivity contribution is 5.84. The number of imidazole rings is 1. The predicted molar refractivity (Wildman–Crippen MR) is 58.2 cm³/mol. The quantitative estimate of drug-likeness (QED) is 0.734. The minimum absolute atomic E-state index is 0.178. The van der Waals surface area contributed by atoms with Crippen LogP contribution in [-0.4, -0.2) is 28.0 Å². The Bertz CT molecular complexity index is 322. The monoisotopic (exact) mass is 210 g/mol. The molecule has 0 aliphatic heterocycles. The van der Waals surface area contributed by atoms with Gasteiger partial charge in [-0.1, -0.05) is 0 Å². The summed E-state index contributed by atoms with van der Waals surface area (Å²) in [6.45, 7) is 3.84. The molecule has 0 radical (unpaired) electrons. The van der Waals surface area contributed by atoms with Crippen LogP contribution in [0.25, 0.3) is 0 Å². The van der Waals surface area contributed by atoms with Crippen LogP contribution in [0.5, 0.6) is 0 Å². The number of carbonyl (C=O) groups excluding carboxylic acids is 1. The number of nitrogens with one attached hydrogen (secondary N) is 1. The summed E-state index contributed by atoms with van der Waals surface area (Å²) >= 11 is 0. The number of primary amides is 1. The average molecular weight is 210 g/mol. The Hall–Kier alpha value is -1.36. The van der Waals surface area contributed by atoms with E-state index in [0.717, 1.165) is 0 Å². The van der Waals surface area contributed by atoms with E-state index in [0.29, 0.717) is 6.42 Å². The average Bonchev–Trinajstić information content (AvgIpc) is 2.70. The van der Waals surface area contributed by atoms with Crippen LogP contribution in [0.1, 0.15) is 26.3 Å². The Kier molecular flexibility index (Phi) is 3.47. The topological polar surface area (TPSA) is 72.9 Å². The first-order chi connectivity index (χ1) is 6.99. The first-order valence-electron chi connectivity index (χ1n) is 4.96. The van der Waals surface area contributed by atoms with E-state index in [-0.39, 0.29) is 11.9 Å². The Morgan fingerprint density at radius 3 is 2.80 bits per heavy atom.